The van der Waals surface area contributed by atoms with Crippen LogP contribution in [-0.4, -0.2) is 33.6 Å². The summed E-state index contributed by atoms with van der Waals surface area (Å²) >= 11 is 0. The summed E-state index contributed by atoms with van der Waals surface area (Å²) in [4.78, 5) is 22.4. The monoisotopic (exact) mass is 343 g/mol. The molecule has 0 bridgehead atoms. The maximum Gasteiger partial charge on any atom is 0.326 e. The molecule has 2 heterocycles. The summed E-state index contributed by atoms with van der Waals surface area (Å²) < 4.78 is 14.2. The molecule has 1 aliphatic rings. The van der Waals surface area contributed by atoms with E-state index in [-0.39, 0.29) is 11.7 Å². The SMILES string of the molecule is CC(C)c1cc(N2CCCCC2C(=O)O)nc(-c2ccccc2F)n1. The first kappa shape index (κ1) is 17.3. The second kappa shape index (κ2) is 7.17. The molecule has 1 saturated heterocycles. The summed E-state index contributed by atoms with van der Waals surface area (Å²) in [6, 6.07) is 7.61. The summed E-state index contributed by atoms with van der Waals surface area (Å²) in [6.45, 7) is 4.63. The molecule has 0 amide bonds. The van der Waals surface area contributed by atoms with E-state index in [1.165, 1.54) is 6.07 Å². The molecule has 0 radical (unpaired) electrons. The van der Waals surface area contributed by atoms with Crippen molar-refractivity contribution in [3.8, 4) is 11.4 Å². The van der Waals surface area contributed by atoms with Crippen LogP contribution in [0.3, 0.4) is 0 Å². The van der Waals surface area contributed by atoms with Crippen LogP contribution in [0.5, 0.6) is 0 Å². The molecule has 0 saturated carbocycles. The van der Waals surface area contributed by atoms with E-state index >= 15 is 0 Å². The first-order valence-corrected chi connectivity index (χ1v) is 8.60. The number of aromatic nitrogens is 2. The van der Waals surface area contributed by atoms with Gasteiger partial charge in [0, 0.05) is 18.3 Å². The summed E-state index contributed by atoms with van der Waals surface area (Å²) in [5.41, 5.74) is 1.10. The Labute approximate surface area is 146 Å². The first-order chi connectivity index (χ1) is 12.0. The lowest BCUT2D eigenvalue weighted by Crippen LogP contribution is -2.45. The van der Waals surface area contributed by atoms with E-state index in [1.807, 2.05) is 24.8 Å². The quantitative estimate of drug-likeness (QED) is 0.913. The van der Waals surface area contributed by atoms with Gasteiger partial charge in [0.15, 0.2) is 5.82 Å². The predicted octanol–water partition coefficient (Wildman–Crippen LogP) is 3.85. The number of aliphatic carboxylic acids is 1. The molecule has 0 aliphatic carbocycles. The van der Waals surface area contributed by atoms with Crippen LogP contribution in [0, 0.1) is 5.82 Å². The number of halogens is 1. The van der Waals surface area contributed by atoms with Crippen molar-refractivity contribution in [2.45, 2.75) is 45.1 Å². The minimum Gasteiger partial charge on any atom is -0.480 e. The average Bonchev–Trinajstić information content (AvgIpc) is 2.61. The Morgan fingerprint density at radius 1 is 1.28 bits per heavy atom. The number of carboxylic acid groups (broad SMARTS) is 1. The second-order valence-electron chi connectivity index (χ2n) is 6.65. The van der Waals surface area contributed by atoms with Gasteiger partial charge in [0.1, 0.15) is 17.7 Å². The number of piperidine rings is 1. The average molecular weight is 343 g/mol. The van der Waals surface area contributed by atoms with Crippen LogP contribution in [0.1, 0.15) is 44.7 Å². The molecule has 0 spiro atoms. The lowest BCUT2D eigenvalue weighted by atomic mass is 10.0. The Bertz CT molecular complexity index is 779. The molecule has 132 valence electrons. The van der Waals surface area contributed by atoms with E-state index < -0.39 is 12.0 Å². The van der Waals surface area contributed by atoms with Crippen LogP contribution >= 0.6 is 0 Å². The highest BCUT2D eigenvalue weighted by molar-refractivity contribution is 5.78. The molecule has 1 aromatic heterocycles. The fourth-order valence-corrected chi connectivity index (χ4v) is 3.12. The molecule has 1 atom stereocenters. The van der Waals surface area contributed by atoms with Gasteiger partial charge in [-0.05, 0) is 37.3 Å². The van der Waals surface area contributed by atoms with E-state index in [9.17, 15) is 14.3 Å². The standard InChI is InChI=1S/C19H22FN3O2/c1-12(2)15-11-17(23-10-6-5-9-16(23)19(24)25)22-18(21-15)13-7-3-4-8-14(13)20/h3-4,7-8,11-12,16H,5-6,9-10H2,1-2H3,(H,24,25). The number of anilines is 1. The van der Waals surface area contributed by atoms with Crippen molar-refractivity contribution in [1.29, 1.82) is 0 Å². The first-order valence-electron chi connectivity index (χ1n) is 8.60. The van der Waals surface area contributed by atoms with E-state index in [1.54, 1.807) is 18.2 Å². The van der Waals surface area contributed by atoms with Crippen molar-refractivity contribution < 1.29 is 14.3 Å². The van der Waals surface area contributed by atoms with Gasteiger partial charge in [0.05, 0.1) is 5.56 Å². The molecule has 1 fully saturated rings. The molecule has 25 heavy (non-hydrogen) atoms. The van der Waals surface area contributed by atoms with E-state index in [0.717, 1.165) is 18.5 Å². The van der Waals surface area contributed by atoms with Gasteiger partial charge < -0.3 is 10.0 Å². The maximum atomic E-state index is 14.2. The molecule has 1 aliphatic heterocycles. The highest BCUT2D eigenvalue weighted by Gasteiger charge is 2.30. The summed E-state index contributed by atoms with van der Waals surface area (Å²) in [7, 11) is 0. The molecule has 1 unspecified atom stereocenters. The molecule has 2 aromatic rings. The Balaban J connectivity index is 2.10. The van der Waals surface area contributed by atoms with Crippen molar-refractivity contribution in [3.63, 3.8) is 0 Å². The van der Waals surface area contributed by atoms with Crippen molar-refractivity contribution in [2.75, 3.05) is 11.4 Å². The van der Waals surface area contributed by atoms with Gasteiger partial charge >= 0.3 is 5.97 Å². The number of carbonyl (C=O) groups is 1. The molecule has 1 N–H and O–H groups in total. The van der Waals surface area contributed by atoms with Crippen molar-refractivity contribution in [2.24, 2.45) is 0 Å². The fourth-order valence-electron chi connectivity index (χ4n) is 3.12. The highest BCUT2D eigenvalue weighted by atomic mass is 19.1. The van der Waals surface area contributed by atoms with Gasteiger partial charge in [0.2, 0.25) is 0 Å². The number of benzene rings is 1. The number of nitrogens with zero attached hydrogens (tertiary/aromatic N) is 3. The maximum absolute atomic E-state index is 14.2. The zero-order chi connectivity index (χ0) is 18.0. The van der Waals surface area contributed by atoms with Gasteiger partial charge in [-0.15, -0.1) is 0 Å². The fraction of sp³-hybridized carbons (Fsp3) is 0.421. The number of rotatable bonds is 4. The summed E-state index contributed by atoms with van der Waals surface area (Å²) in [5, 5.41) is 9.53. The van der Waals surface area contributed by atoms with E-state index in [0.29, 0.717) is 30.2 Å². The van der Waals surface area contributed by atoms with E-state index in [2.05, 4.69) is 9.97 Å². The van der Waals surface area contributed by atoms with Gasteiger partial charge in [-0.3, -0.25) is 0 Å². The largest absolute Gasteiger partial charge is 0.480 e. The van der Waals surface area contributed by atoms with Crippen molar-refractivity contribution >= 4 is 11.8 Å². The lowest BCUT2D eigenvalue weighted by molar-refractivity contribution is -0.139. The molecular weight excluding hydrogens is 321 g/mol. The normalized spacial score (nSPS) is 17.8. The molecule has 6 heteroatoms. The van der Waals surface area contributed by atoms with E-state index in [4.69, 9.17) is 0 Å². The second-order valence-corrected chi connectivity index (χ2v) is 6.65. The van der Waals surface area contributed by atoms with Crippen LogP contribution < -0.4 is 4.90 Å². The van der Waals surface area contributed by atoms with Gasteiger partial charge in [-0.1, -0.05) is 26.0 Å². The number of carboxylic acids is 1. The Morgan fingerprint density at radius 2 is 2.04 bits per heavy atom. The van der Waals surface area contributed by atoms with Crippen LogP contribution in [-0.2, 0) is 4.79 Å². The molecule has 1 aromatic carbocycles. The topological polar surface area (TPSA) is 66.3 Å². The summed E-state index contributed by atoms with van der Waals surface area (Å²) in [5.74, 6) is -0.252. The highest BCUT2D eigenvalue weighted by Crippen LogP contribution is 2.29. The third-order valence-electron chi connectivity index (χ3n) is 4.52. The zero-order valence-electron chi connectivity index (χ0n) is 14.4. The van der Waals surface area contributed by atoms with Crippen LogP contribution in [0.4, 0.5) is 10.2 Å². The zero-order valence-corrected chi connectivity index (χ0v) is 14.4. The minimum absolute atomic E-state index is 0.125. The van der Waals surface area contributed by atoms with Crippen LogP contribution in [0.2, 0.25) is 0 Å². The molecular formula is C19H22FN3O2. The lowest BCUT2D eigenvalue weighted by Gasteiger charge is -2.34. The molecule has 3 rings (SSSR count). The van der Waals surface area contributed by atoms with Crippen molar-refractivity contribution in [3.05, 3.63) is 41.8 Å². The third-order valence-corrected chi connectivity index (χ3v) is 4.52. The Morgan fingerprint density at radius 3 is 2.72 bits per heavy atom. The third kappa shape index (κ3) is 3.62. The number of hydrogen-bond acceptors (Lipinski definition) is 4. The van der Waals surface area contributed by atoms with Gasteiger partial charge in [0.25, 0.3) is 0 Å². The van der Waals surface area contributed by atoms with Gasteiger partial charge in [-0.25, -0.2) is 19.2 Å². The van der Waals surface area contributed by atoms with Crippen LogP contribution in [0.15, 0.2) is 30.3 Å². The number of hydrogen-bond donors (Lipinski definition) is 1. The van der Waals surface area contributed by atoms with Crippen LogP contribution in [0.25, 0.3) is 11.4 Å². The minimum atomic E-state index is -0.850. The smallest absolute Gasteiger partial charge is 0.326 e. The predicted molar refractivity (Wildman–Crippen MR) is 94.1 cm³/mol. The summed E-state index contributed by atoms with van der Waals surface area (Å²) in [6.07, 6.45) is 2.39. The van der Waals surface area contributed by atoms with Gasteiger partial charge in [-0.2, -0.15) is 0 Å². The Hall–Kier alpha value is -2.50. The molecule has 5 nitrogen and oxygen atoms in total. The van der Waals surface area contributed by atoms with Crippen molar-refractivity contribution in [1.82, 2.24) is 9.97 Å². The Kier molecular flexibility index (Phi) is 4.97.